The largest absolute Gasteiger partial charge is 0.392 e. The molecule has 1 fully saturated rings. The van der Waals surface area contributed by atoms with Crippen LogP contribution in [0.2, 0.25) is 0 Å². The number of amides is 1. The number of hydrogen-bond donors (Lipinski definition) is 3. The van der Waals surface area contributed by atoms with Crippen molar-refractivity contribution in [3.8, 4) is 11.3 Å². The van der Waals surface area contributed by atoms with E-state index in [1.807, 2.05) is 85.9 Å². The number of anilines is 3. The summed E-state index contributed by atoms with van der Waals surface area (Å²) in [5, 5.41) is 16.0. The topological polar surface area (TPSA) is 119 Å². The molecule has 1 saturated heterocycles. The number of likely N-dealkylation sites (N-methyl/N-ethyl adjacent to an activating group) is 1. The van der Waals surface area contributed by atoms with Crippen LogP contribution in [0.3, 0.4) is 0 Å². The molecular formula is C35H44N8O3. The van der Waals surface area contributed by atoms with Gasteiger partial charge in [-0.25, -0.2) is 15.0 Å². The van der Waals surface area contributed by atoms with Crippen LogP contribution < -0.4 is 15.5 Å². The standard InChI is InChI=1S/C35H44N8O3/c1-41(33-13-12-29(21-38-33)32-14-15-37-35(40-32)39-30-11-6-10-28(20-30)24-44)17-7-18-42(2)34(45)23-43-19-16-36-22-31(43)26-46-25-27-8-4-3-5-9-27/h3-6,8-15,20-21,31,36,44H,7,16-19,22-26H2,1-2H3,(H,37,39,40). The molecule has 1 amide bonds. The molecule has 0 spiro atoms. The number of hydrogen-bond acceptors (Lipinski definition) is 10. The zero-order valence-electron chi connectivity index (χ0n) is 26.7. The van der Waals surface area contributed by atoms with Gasteiger partial charge in [0.1, 0.15) is 5.82 Å². The zero-order chi connectivity index (χ0) is 32.1. The van der Waals surface area contributed by atoms with E-state index in [2.05, 4.69) is 47.5 Å². The first-order valence-electron chi connectivity index (χ1n) is 15.8. The smallest absolute Gasteiger partial charge is 0.236 e. The number of rotatable bonds is 15. The molecule has 1 atom stereocenters. The van der Waals surface area contributed by atoms with Gasteiger partial charge in [0.05, 0.1) is 32.1 Å². The number of carbonyl (C=O) groups is 1. The summed E-state index contributed by atoms with van der Waals surface area (Å²) in [6, 6.07) is 23.7. The van der Waals surface area contributed by atoms with Gasteiger partial charge in [-0.1, -0.05) is 42.5 Å². The Bertz CT molecular complexity index is 1520. The molecule has 1 aliphatic rings. The second-order valence-corrected chi connectivity index (χ2v) is 11.6. The van der Waals surface area contributed by atoms with Crippen LogP contribution in [-0.4, -0.2) is 102 Å². The quantitative estimate of drug-likeness (QED) is 0.181. The van der Waals surface area contributed by atoms with Gasteiger partial charge in [-0.15, -0.1) is 0 Å². The minimum atomic E-state index is -0.0265. The number of pyridine rings is 1. The van der Waals surface area contributed by atoms with Crippen LogP contribution in [-0.2, 0) is 22.7 Å². The van der Waals surface area contributed by atoms with Crippen LogP contribution >= 0.6 is 0 Å². The van der Waals surface area contributed by atoms with Crippen LogP contribution in [0.15, 0.2) is 85.2 Å². The number of ether oxygens (including phenoxy) is 1. The van der Waals surface area contributed by atoms with E-state index in [1.54, 1.807) is 6.20 Å². The predicted molar refractivity (Wildman–Crippen MR) is 181 cm³/mol. The molecule has 4 aromatic rings. The monoisotopic (exact) mass is 624 g/mol. The van der Waals surface area contributed by atoms with Crippen molar-refractivity contribution in [1.29, 1.82) is 0 Å². The van der Waals surface area contributed by atoms with E-state index in [1.165, 1.54) is 0 Å². The number of nitrogens with one attached hydrogen (secondary N) is 2. The molecule has 0 radical (unpaired) electrons. The summed E-state index contributed by atoms with van der Waals surface area (Å²) in [6.45, 7) is 5.48. The number of piperazine rings is 1. The molecule has 11 heteroatoms. The summed E-state index contributed by atoms with van der Waals surface area (Å²) in [4.78, 5) is 32.9. The summed E-state index contributed by atoms with van der Waals surface area (Å²) < 4.78 is 6.00. The molecule has 1 unspecified atom stereocenters. The first-order valence-corrected chi connectivity index (χ1v) is 15.8. The summed E-state index contributed by atoms with van der Waals surface area (Å²) in [6.07, 6.45) is 4.35. The molecule has 0 bridgehead atoms. The SMILES string of the molecule is CN(CCCN(C)c1ccc(-c2ccnc(Nc3cccc(CO)c3)n2)cn1)C(=O)CN1CCNCC1COCc1ccccc1. The molecule has 0 saturated carbocycles. The van der Waals surface area contributed by atoms with Crippen molar-refractivity contribution in [2.75, 3.05) is 70.2 Å². The van der Waals surface area contributed by atoms with Crippen molar-refractivity contribution in [3.63, 3.8) is 0 Å². The highest BCUT2D eigenvalue weighted by molar-refractivity contribution is 5.78. The molecule has 5 rings (SSSR count). The third-order valence-corrected chi connectivity index (χ3v) is 8.10. The molecule has 0 aliphatic carbocycles. The first-order chi connectivity index (χ1) is 22.5. The van der Waals surface area contributed by atoms with Crippen molar-refractivity contribution in [2.24, 2.45) is 0 Å². The average Bonchev–Trinajstić information content (AvgIpc) is 3.09. The highest BCUT2D eigenvalue weighted by atomic mass is 16.5. The van der Waals surface area contributed by atoms with Gasteiger partial charge in [0.2, 0.25) is 11.9 Å². The normalized spacial score (nSPS) is 15.0. The molecule has 242 valence electrons. The average molecular weight is 625 g/mol. The lowest BCUT2D eigenvalue weighted by atomic mass is 10.2. The van der Waals surface area contributed by atoms with Crippen LogP contribution in [0.25, 0.3) is 11.3 Å². The highest BCUT2D eigenvalue weighted by Gasteiger charge is 2.25. The Hall–Kier alpha value is -4.42. The number of aliphatic hydroxyl groups is 1. The summed E-state index contributed by atoms with van der Waals surface area (Å²) in [5.41, 5.74) is 4.41. The number of aromatic nitrogens is 3. The van der Waals surface area contributed by atoms with Crippen LogP contribution in [0.1, 0.15) is 17.5 Å². The number of carbonyl (C=O) groups excluding carboxylic acids is 1. The lowest BCUT2D eigenvalue weighted by molar-refractivity contribution is -0.132. The van der Waals surface area contributed by atoms with Gasteiger partial charge in [0.15, 0.2) is 0 Å². The lowest BCUT2D eigenvalue weighted by Gasteiger charge is -2.36. The first kappa shape index (κ1) is 33.0. The highest BCUT2D eigenvalue weighted by Crippen LogP contribution is 2.21. The van der Waals surface area contributed by atoms with Crippen LogP contribution in [0.4, 0.5) is 17.5 Å². The lowest BCUT2D eigenvalue weighted by Crippen LogP contribution is -2.55. The maximum absolute atomic E-state index is 13.1. The fourth-order valence-corrected chi connectivity index (χ4v) is 5.36. The van der Waals surface area contributed by atoms with Crippen molar-refractivity contribution >= 4 is 23.4 Å². The fraction of sp³-hybridized carbons (Fsp3) is 0.371. The Kier molecular flexibility index (Phi) is 12.0. The number of aliphatic hydroxyl groups excluding tert-OH is 1. The van der Waals surface area contributed by atoms with Gasteiger partial charge in [0.25, 0.3) is 0 Å². The number of nitrogens with zero attached hydrogens (tertiary/aromatic N) is 6. The van der Waals surface area contributed by atoms with E-state index in [0.717, 1.165) is 66.5 Å². The Labute approximate surface area is 271 Å². The van der Waals surface area contributed by atoms with E-state index in [9.17, 15) is 9.90 Å². The Morgan fingerprint density at radius 2 is 1.89 bits per heavy atom. The maximum atomic E-state index is 13.1. The fourth-order valence-electron chi connectivity index (χ4n) is 5.36. The zero-order valence-corrected chi connectivity index (χ0v) is 26.7. The van der Waals surface area contributed by atoms with Gasteiger partial charge < -0.3 is 30.3 Å². The Morgan fingerprint density at radius 1 is 1.04 bits per heavy atom. The van der Waals surface area contributed by atoms with Crippen molar-refractivity contribution in [1.82, 2.24) is 30.1 Å². The van der Waals surface area contributed by atoms with Crippen LogP contribution in [0, 0.1) is 0 Å². The molecule has 1 aliphatic heterocycles. The van der Waals surface area contributed by atoms with Gasteiger partial charge in [0, 0.05) is 76.5 Å². The van der Waals surface area contributed by atoms with E-state index in [0.29, 0.717) is 32.3 Å². The minimum absolute atomic E-state index is 0.0265. The van der Waals surface area contributed by atoms with Crippen molar-refractivity contribution in [3.05, 3.63) is 96.3 Å². The summed E-state index contributed by atoms with van der Waals surface area (Å²) >= 11 is 0. The van der Waals surface area contributed by atoms with E-state index >= 15 is 0 Å². The van der Waals surface area contributed by atoms with Crippen LogP contribution in [0.5, 0.6) is 0 Å². The molecule has 3 N–H and O–H groups in total. The molecule has 3 heterocycles. The van der Waals surface area contributed by atoms with Crippen molar-refractivity contribution < 1.29 is 14.6 Å². The van der Waals surface area contributed by atoms with E-state index in [-0.39, 0.29) is 18.6 Å². The molecule has 11 nitrogen and oxygen atoms in total. The third-order valence-electron chi connectivity index (χ3n) is 8.10. The summed E-state index contributed by atoms with van der Waals surface area (Å²) in [5.74, 6) is 1.45. The second kappa shape index (κ2) is 16.8. The Morgan fingerprint density at radius 3 is 2.70 bits per heavy atom. The minimum Gasteiger partial charge on any atom is -0.392 e. The summed E-state index contributed by atoms with van der Waals surface area (Å²) in [7, 11) is 3.89. The van der Waals surface area contributed by atoms with Gasteiger partial charge in [-0.05, 0) is 47.9 Å². The second-order valence-electron chi connectivity index (χ2n) is 11.6. The maximum Gasteiger partial charge on any atom is 0.236 e. The van der Waals surface area contributed by atoms with Gasteiger partial charge in [-0.2, -0.15) is 0 Å². The molecule has 46 heavy (non-hydrogen) atoms. The van der Waals surface area contributed by atoms with Crippen molar-refractivity contribution in [2.45, 2.75) is 25.7 Å². The number of benzene rings is 2. The molecular weight excluding hydrogens is 580 g/mol. The van der Waals surface area contributed by atoms with Gasteiger partial charge >= 0.3 is 0 Å². The van der Waals surface area contributed by atoms with Gasteiger partial charge in [-0.3, -0.25) is 9.69 Å². The predicted octanol–water partition coefficient (Wildman–Crippen LogP) is 3.55. The third kappa shape index (κ3) is 9.54. The molecule has 2 aromatic heterocycles. The Balaban J connectivity index is 1.06. The van der Waals surface area contributed by atoms with E-state index < -0.39 is 0 Å². The molecule has 2 aromatic carbocycles. The van der Waals surface area contributed by atoms with E-state index in [4.69, 9.17) is 4.74 Å².